The third-order valence-corrected chi connectivity index (χ3v) is 4.66. The van der Waals surface area contributed by atoms with Crippen molar-refractivity contribution in [3.63, 3.8) is 0 Å². The summed E-state index contributed by atoms with van der Waals surface area (Å²) in [5.74, 6) is 0.335. The summed E-state index contributed by atoms with van der Waals surface area (Å²) in [6.07, 6.45) is 1.69. The van der Waals surface area contributed by atoms with Crippen molar-refractivity contribution in [2.24, 2.45) is 5.92 Å². The van der Waals surface area contributed by atoms with Crippen molar-refractivity contribution in [2.45, 2.75) is 33.1 Å². The van der Waals surface area contributed by atoms with Gasteiger partial charge in [-0.3, -0.25) is 0 Å². The van der Waals surface area contributed by atoms with Gasteiger partial charge in [-0.15, -0.1) is 0 Å². The van der Waals surface area contributed by atoms with E-state index in [0.717, 1.165) is 25.9 Å². The third-order valence-electron chi connectivity index (χ3n) is 3.22. The Bertz CT molecular complexity index is 394. The van der Waals surface area contributed by atoms with Crippen LogP contribution in [0.15, 0.2) is 0 Å². The average Bonchev–Trinajstić information content (AvgIpc) is 2.39. The van der Waals surface area contributed by atoms with Crippen molar-refractivity contribution in [3.8, 4) is 0 Å². The third kappa shape index (κ3) is 5.64. The SMILES string of the molecule is CCCN(CC1CCNCC1)S(=O)(=O)NC(=O)OCC. The zero-order valence-electron chi connectivity index (χ0n) is 12.2. The maximum atomic E-state index is 12.2. The number of carbonyl (C=O) groups excluding carboxylic acids is 1. The Labute approximate surface area is 121 Å². The molecule has 2 N–H and O–H groups in total. The number of carbonyl (C=O) groups is 1. The number of nitrogens with one attached hydrogen (secondary N) is 2. The molecule has 0 atom stereocenters. The van der Waals surface area contributed by atoms with Gasteiger partial charge in [0.15, 0.2) is 0 Å². The Morgan fingerprint density at radius 2 is 2.00 bits per heavy atom. The molecular weight excluding hydrogens is 282 g/mol. The number of piperidine rings is 1. The zero-order chi connectivity index (χ0) is 15.0. The van der Waals surface area contributed by atoms with Crippen molar-refractivity contribution >= 4 is 16.3 Å². The molecule has 1 rings (SSSR count). The van der Waals surface area contributed by atoms with E-state index in [9.17, 15) is 13.2 Å². The maximum Gasteiger partial charge on any atom is 0.421 e. The Hall–Kier alpha value is -0.860. The van der Waals surface area contributed by atoms with Crippen molar-refractivity contribution in [1.29, 1.82) is 0 Å². The summed E-state index contributed by atoms with van der Waals surface area (Å²) in [6, 6.07) is 0. The van der Waals surface area contributed by atoms with Crippen molar-refractivity contribution in [1.82, 2.24) is 14.3 Å². The Morgan fingerprint density at radius 1 is 1.35 bits per heavy atom. The fourth-order valence-electron chi connectivity index (χ4n) is 2.24. The molecule has 0 unspecified atom stereocenters. The number of hydrogen-bond acceptors (Lipinski definition) is 5. The van der Waals surface area contributed by atoms with Crippen LogP contribution in [0, 0.1) is 5.92 Å². The number of nitrogens with zero attached hydrogens (tertiary/aromatic N) is 1. The molecule has 1 fully saturated rings. The Balaban J connectivity index is 2.64. The van der Waals surface area contributed by atoms with E-state index in [-0.39, 0.29) is 6.61 Å². The van der Waals surface area contributed by atoms with Crippen LogP contribution >= 0.6 is 0 Å². The molecule has 1 heterocycles. The lowest BCUT2D eigenvalue weighted by Crippen LogP contribution is -2.47. The van der Waals surface area contributed by atoms with E-state index in [2.05, 4.69) is 10.1 Å². The quantitative estimate of drug-likeness (QED) is 0.722. The lowest BCUT2D eigenvalue weighted by molar-refractivity contribution is 0.157. The standard InChI is InChI=1S/C12H25N3O4S/c1-3-9-15(10-11-5-7-13-8-6-11)20(17,18)14-12(16)19-4-2/h11,13H,3-10H2,1-2H3,(H,14,16). The van der Waals surface area contributed by atoms with E-state index in [1.54, 1.807) is 6.92 Å². The summed E-state index contributed by atoms with van der Waals surface area (Å²) in [7, 11) is -3.82. The minimum Gasteiger partial charge on any atom is -0.449 e. The smallest absolute Gasteiger partial charge is 0.421 e. The summed E-state index contributed by atoms with van der Waals surface area (Å²) in [5, 5.41) is 3.25. The van der Waals surface area contributed by atoms with Gasteiger partial charge in [-0.05, 0) is 45.2 Å². The van der Waals surface area contributed by atoms with Crippen LogP contribution in [0.3, 0.4) is 0 Å². The van der Waals surface area contributed by atoms with Gasteiger partial charge in [0.25, 0.3) is 0 Å². The molecule has 20 heavy (non-hydrogen) atoms. The first-order chi connectivity index (χ1) is 9.49. The van der Waals surface area contributed by atoms with Crippen molar-refractivity contribution in [2.75, 3.05) is 32.8 Å². The Kier molecular flexibility index (Phi) is 7.25. The first-order valence-electron chi connectivity index (χ1n) is 7.15. The number of rotatable bonds is 7. The van der Waals surface area contributed by atoms with Gasteiger partial charge in [0.1, 0.15) is 0 Å². The number of amides is 1. The molecule has 0 radical (unpaired) electrons. The molecular formula is C12H25N3O4S. The normalized spacial score (nSPS) is 17.1. The van der Waals surface area contributed by atoms with Gasteiger partial charge < -0.3 is 10.1 Å². The molecule has 0 aromatic rings. The van der Waals surface area contributed by atoms with E-state index in [1.807, 2.05) is 11.6 Å². The molecule has 1 aliphatic rings. The van der Waals surface area contributed by atoms with Crippen LogP contribution in [0.1, 0.15) is 33.1 Å². The first-order valence-corrected chi connectivity index (χ1v) is 8.59. The molecule has 0 aromatic heterocycles. The second-order valence-electron chi connectivity index (χ2n) is 4.88. The predicted octanol–water partition coefficient (Wildman–Crippen LogP) is 0.689. The summed E-state index contributed by atoms with van der Waals surface area (Å²) in [6.45, 7) is 6.36. The second-order valence-corrected chi connectivity index (χ2v) is 6.55. The molecule has 0 spiro atoms. The summed E-state index contributed by atoms with van der Waals surface area (Å²) >= 11 is 0. The number of ether oxygens (including phenoxy) is 1. The topological polar surface area (TPSA) is 87.7 Å². The van der Waals surface area contributed by atoms with Crippen LogP contribution < -0.4 is 10.0 Å². The summed E-state index contributed by atoms with van der Waals surface area (Å²) in [5.41, 5.74) is 0. The van der Waals surface area contributed by atoms with Gasteiger partial charge in [0.05, 0.1) is 6.61 Å². The molecule has 1 saturated heterocycles. The van der Waals surface area contributed by atoms with E-state index in [0.29, 0.717) is 25.4 Å². The van der Waals surface area contributed by atoms with Crippen LogP contribution in [0.25, 0.3) is 0 Å². The molecule has 8 heteroatoms. The molecule has 118 valence electrons. The molecule has 1 aliphatic heterocycles. The predicted molar refractivity (Wildman–Crippen MR) is 76.5 cm³/mol. The minimum absolute atomic E-state index is 0.142. The monoisotopic (exact) mass is 307 g/mol. The fourth-order valence-corrected chi connectivity index (χ4v) is 3.47. The Morgan fingerprint density at radius 3 is 2.55 bits per heavy atom. The van der Waals surface area contributed by atoms with Gasteiger partial charge in [0.2, 0.25) is 0 Å². The van der Waals surface area contributed by atoms with Crippen molar-refractivity contribution in [3.05, 3.63) is 0 Å². The minimum atomic E-state index is -3.82. The average molecular weight is 307 g/mol. The molecule has 0 aromatic carbocycles. The van der Waals surface area contributed by atoms with Crippen LogP contribution in [0.2, 0.25) is 0 Å². The molecule has 0 aliphatic carbocycles. The zero-order valence-corrected chi connectivity index (χ0v) is 13.0. The van der Waals surface area contributed by atoms with E-state index in [4.69, 9.17) is 0 Å². The fraction of sp³-hybridized carbons (Fsp3) is 0.917. The highest BCUT2D eigenvalue weighted by Crippen LogP contribution is 2.15. The highest BCUT2D eigenvalue weighted by molar-refractivity contribution is 7.87. The van der Waals surface area contributed by atoms with Crippen LogP contribution in [0.5, 0.6) is 0 Å². The van der Waals surface area contributed by atoms with Crippen LogP contribution in [-0.4, -0.2) is 51.6 Å². The van der Waals surface area contributed by atoms with Crippen LogP contribution in [0.4, 0.5) is 4.79 Å². The molecule has 0 bridgehead atoms. The van der Waals surface area contributed by atoms with E-state index >= 15 is 0 Å². The van der Waals surface area contributed by atoms with Gasteiger partial charge >= 0.3 is 16.3 Å². The van der Waals surface area contributed by atoms with Crippen molar-refractivity contribution < 1.29 is 17.9 Å². The summed E-state index contributed by atoms with van der Waals surface area (Å²) < 4.78 is 32.3. The van der Waals surface area contributed by atoms with E-state index in [1.165, 1.54) is 4.31 Å². The van der Waals surface area contributed by atoms with Gasteiger partial charge in [-0.1, -0.05) is 6.92 Å². The van der Waals surface area contributed by atoms with E-state index < -0.39 is 16.3 Å². The first kappa shape index (κ1) is 17.2. The van der Waals surface area contributed by atoms with Crippen LogP contribution in [-0.2, 0) is 14.9 Å². The largest absolute Gasteiger partial charge is 0.449 e. The highest BCUT2D eigenvalue weighted by atomic mass is 32.2. The lowest BCUT2D eigenvalue weighted by Gasteiger charge is -2.29. The lowest BCUT2D eigenvalue weighted by atomic mass is 9.98. The van der Waals surface area contributed by atoms with Gasteiger partial charge in [-0.2, -0.15) is 12.7 Å². The maximum absolute atomic E-state index is 12.2. The van der Waals surface area contributed by atoms with Gasteiger partial charge in [-0.25, -0.2) is 9.52 Å². The highest BCUT2D eigenvalue weighted by Gasteiger charge is 2.27. The molecule has 7 nitrogen and oxygen atoms in total. The number of hydrogen-bond donors (Lipinski definition) is 2. The van der Waals surface area contributed by atoms with Gasteiger partial charge in [0, 0.05) is 13.1 Å². The second kappa shape index (κ2) is 8.43. The summed E-state index contributed by atoms with van der Waals surface area (Å²) in [4.78, 5) is 11.3. The molecule has 1 amide bonds. The molecule has 0 saturated carbocycles.